The Bertz CT molecular complexity index is 37.8. The zero-order valence-electron chi connectivity index (χ0n) is 6.95. The van der Waals surface area contributed by atoms with Crippen molar-refractivity contribution in [3.05, 3.63) is 0 Å². The van der Waals surface area contributed by atoms with Crippen LogP contribution in [0.3, 0.4) is 0 Å². The van der Waals surface area contributed by atoms with E-state index in [9.17, 15) is 0 Å². The molecule has 0 atom stereocenters. The summed E-state index contributed by atoms with van der Waals surface area (Å²) in [4.78, 5) is 0. The standard InChI is InChI=1S/C6H13.C2H5.Al.H/c1-3-5-6-4-2;1-2;;/h1,3-6H2,2H3;1H2,2H3;;. The zero-order valence-corrected chi connectivity index (χ0v) is 8.36. The fourth-order valence-corrected chi connectivity index (χ4v) is 2.24. The quantitative estimate of drug-likeness (QED) is 0.395. The van der Waals surface area contributed by atoms with Gasteiger partial charge in [-0.1, -0.05) is 44.8 Å². The lowest BCUT2D eigenvalue weighted by Crippen LogP contribution is -1.85. The Labute approximate surface area is 65.7 Å². The van der Waals surface area contributed by atoms with Crippen molar-refractivity contribution in [2.45, 2.75) is 50.1 Å². The third kappa shape index (κ3) is 8.53. The highest BCUT2D eigenvalue weighted by molar-refractivity contribution is 6.35. The van der Waals surface area contributed by atoms with E-state index in [0.29, 0.717) is 15.2 Å². The van der Waals surface area contributed by atoms with Crippen molar-refractivity contribution in [3.63, 3.8) is 0 Å². The van der Waals surface area contributed by atoms with Crippen LogP contribution in [-0.2, 0) is 0 Å². The minimum absolute atomic E-state index is 0.394. The lowest BCUT2D eigenvalue weighted by Gasteiger charge is -1.94. The van der Waals surface area contributed by atoms with E-state index in [0.717, 1.165) is 0 Å². The van der Waals surface area contributed by atoms with E-state index in [2.05, 4.69) is 13.8 Å². The van der Waals surface area contributed by atoms with Crippen molar-refractivity contribution in [1.29, 1.82) is 0 Å². The average Bonchev–Trinajstić information content (AvgIpc) is 1.89. The third-order valence-electron chi connectivity index (χ3n) is 1.71. The predicted octanol–water partition coefficient (Wildman–Crippen LogP) is 2.86. The Morgan fingerprint density at radius 2 is 1.78 bits per heavy atom. The van der Waals surface area contributed by atoms with Gasteiger partial charge in [0.25, 0.3) is 0 Å². The minimum Gasteiger partial charge on any atom is -0.100 e. The summed E-state index contributed by atoms with van der Waals surface area (Å²) >= 11 is 0.394. The smallest absolute Gasteiger partial charge is 0.100 e. The topological polar surface area (TPSA) is 0 Å². The van der Waals surface area contributed by atoms with Gasteiger partial charge < -0.3 is 0 Å². The molecule has 0 unspecified atom stereocenters. The maximum Gasteiger partial charge on any atom is 0.236 e. The molecule has 0 N–H and O–H groups in total. The molecule has 0 bridgehead atoms. The highest BCUT2D eigenvalue weighted by atomic mass is 27.1. The van der Waals surface area contributed by atoms with E-state index >= 15 is 0 Å². The molecule has 54 valence electrons. The summed E-state index contributed by atoms with van der Waals surface area (Å²) < 4.78 is 0. The van der Waals surface area contributed by atoms with E-state index in [4.69, 9.17) is 0 Å². The Morgan fingerprint density at radius 1 is 1.00 bits per heavy atom. The Morgan fingerprint density at radius 3 is 2.33 bits per heavy atom. The van der Waals surface area contributed by atoms with Crippen molar-refractivity contribution >= 4 is 15.2 Å². The first kappa shape index (κ1) is 9.53. The minimum atomic E-state index is 0.394. The Balaban J connectivity index is 2.60. The van der Waals surface area contributed by atoms with E-state index in [-0.39, 0.29) is 0 Å². The molecule has 1 heteroatoms. The van der Waals surface area contributed by atoms with Crippen LogP contribution in [0, 0.1) is 0 Å². The third-order valence-corrected chi connectivity index (χ3v) is 3.41. The lowest BCUT2D eigenvalue weighted by atomic mass is 10.2. The van der Waals surface area contributed by atoms with Crippen LogP contribution in [0.1, 0.15) is 39.5 Å². The lowest BCUT2D eigenvalue weighted by molar-refractivity contribution is 0.700. The van der Waals surface area contributed by atoms with Gasteiger partial charge in [0.05, 0.1) is 0 Å². The van der Waals surface area contributed by atoms with E-state index in [1.165, 1.54) is 31.0 Å². The van der Waals surface area contributed by atoms with Gasteiger partial charge in [0, 0.05) is 0 Å². The number of rotatable bonds is 6. The van der Waals surface area contributed by atoms with Crippen LogP contribution < -0.4 is 0 Å². The van der Waals surface area contributed by atoms with Crippen molar-refractivity contribution in [3.8, 4) is 0 Å². The maximum absolute atomic E-state index is 2.33. The second-order valence-corrected chi connectivity index (χ2v) is 5.18. The molecule has 0 heterocycles. The van der Waals surface area contributed by atoms with Crippen LogP contribution in [0.4, 0.5) is 0 Å². The van der Waals surface area contributed by atoms with E-state index in [1.807, 2.05) is 0 Å². The summed E-state index contributed by atoms with van der Waals surface area (Å²) in [5.74, 6) is 0. The summed E-state index contributed by atoms with van der Waals surface area (Å²) in [6.45, 7) is 4.60. The second kappa shape index (κ2) is 8.53. The second-order valence-electron chi connectivity index (χ2n) is 2.77. The zero-order chi connectivity index (χ0) is 6.95. The summed E-state index contributed by atoms with van der Waals surface area (Å²) in [7, 11) is 0. The molecule has 0 saturated carbocycles. The van der Waals surface area contributed by atoms with Gasteiger partial charge >= 0.3 is 0 Å². The van der Waals surface area contributed by atoms with Gasteiger partial charge in [0.1, 0.15) is 0 Å². The van der Waals surface area contributed by atoms with Crippen molar-refractivity contribution in [1.82, 2.24) is 0 Å². The molecule has 0 aromatic carbocycles. The first-order valence-electron chi connectivity index (χ1n) is 4.41. The van der Waals surface area contributed by atoms with Gasteiger partial charge in [0.15, 0.2) is 0 Å². The molecule has 0 amide bonds. The SMILES string of the molecule is CCCCC[CH2][AlH][CH2]C. The molecule has 0 saturated heterocycles. The summed E-state index contributed by atoms with van der Waals surface area (Å²) in [5, 5.41) is 3.10. The highest BCUT2D eigenvalue weighted by Crippen LogP contribution is 2.02. The Kier molecular flexibility index (Phi) is 9.04. The molecule has 0 nitrogen and oxygen atoms in total. The first-order valence-corrected chi connectivity index (χ1v) is 6.41. The molecule has 0 fully saturated rings. The highest BCUT2D eigenvalue weighted by Gasteiger charge is 1.89. The normalized spacial score (nSPS) is 9.56. The first-order chi connectivity index (χ1) is 4.41. The van der Waals surface area contributed by atoms with Crippen LogP contribution in [0.25, 0.3) is 0 Å². The van der Waals surface area contributed by atoms with Gasteiger partial charge in [-0.2, -0.15) is 0 Å². The number of hydrogen-bond acceptors (Lipinski definition) is 0. The molecule has 0 aliphatic rings. The molecule has 0 aliphatic carbocycles. The van der Waals surface area contributed by atoms with Crippen LogP contribution in [-0.4, -0.2) is 15.2 Å². The van der Waals surface area contributed by atoms with Crippen LogP contribution >= 0.6 is 0 Å². The molecular weight excluding hydrogens is 123 g/mol. The van der Waals surface area contributed by atoms with E-state index < -0.39 is 0 Å². The van der Waals surface area contributed by atoms with Gasteiger partial charge in [-0.25, -0.2) is 0 Å². The van der Waals surface area contributed by atoms with E-state index in [1.54, 1.807) is 5.28 Å². The summed E-state index contributed by atoms with van der Waals surface area (Å²) in [6, 6.07) is 0. The molecule has 0 aromatic rings. The average molecular weight is 142 g/mol. The van der Waals surface area contributed by atoms with Crippen LogP contribution in [0.2, 0.25) is 10.6 Å². The molecule has 0 spiro atoms. The van der Waals surface area contributed by atoms with Crippen LogP contribution in [0.15, 0.2) is 0 Å². The molecule has 0 aromatic heterocycles. The van der Waals surface area contributed by atoms with Gasteiger partial charge in [-0.3, -0.25) is 0 Å². The maximum atomic E-state index is 2.33. The van der Waals surface area contributed by atoms with Crippen molar-refractivity contribution in [2.24, 2.45) is 0 Å². The molecular formula is C8H19Al. The van der Waals surface area contributed by atoms with Gasteiger partial charge in [-0.05, 0) is 0 Å². The number of unbranched alkanes of at least 4 members (excludes halogenated alkanes) is 3. The fraction of sp³-hybridized carbons (Fsp3) is 1.00. The molecule has 9 heavy (non-hydrogen) atoms. The summed E-state index contributed by atoms with van der Waals surface area (Å²) in [5.41, 5.74) is 0. The van der Waals surface area contributed by atoms with Crippen molar-refractivity contribution < 1.29 is 0 Å². The monoisotopic (exact) mass is 142 g/mol. The largest absolute Gasteiger partial charge is 0.236 e. The van der Waals surface area contributed by atoms with Crippen molar-refractivity contribution in [2.75, 3.05) is 0 Å². The fourth-order valence-electron chi connectivity index (χ4n) is 1.03. The number of hydrogen-bond donors (Lipinski definition) is 0. The van der Waals surface area contributed by atoms with Gasteiger partial charge in [-0.15, -0.1) is 5.28 Å². The summed E-state index contributed by atoms with van der Waals surface area (Å²) in [6.07, 6.45) is 5.85. The Hall–Kier alpha value is 0.532. The van der Waals surface area contributed by atoms with Gasteiger partial charge in [0.2, 0.25) is 15.2 Å². The molecule has 0 radical (unpaired) electrons. The van der Waals surface area contributed by atoms with Crippen LogP contribution in [0.5, 0.6) is 0 Å². The molecule has 0 aliphatic heterocycles. The predicted molar refractivity (Wildman–Crippen MR) is 46.6 cm³/mol. The molecule has 0 rings (SSSR count).